The number of nitrogens with zero attached hydrogens (tertiary/aromatic N) is 3. The van der Waals surface area contributed by atoms with Gasteiger partial charge in [0.15, 0.2) is 9.84 Å². The molecule has 2 fully saturated rings. The number of sulfone groups is 1. The minimum Gasteiger partial charge on any atom is -0.314 e. The van der Waals surface area contributed by atoms with Gasteiger partial charge in [0.1, 0.15) is 0 Å². The lowest BCUT2D eigenvalue weighted by molar-refractivity contribution is -0.139. The summed E-state index contributed by atoms with van der Waals surface area (Å²) < 4.78 is 66.2. The number of nitrogens with one attached hydrogen (secondary N) is 2. The second-order valence-electron chi connectivity index (χ2n) is 9.00. The molecule has 176 valence electrons. The molecule has 0 bridgehead atoms. The Labute approximate surface area is 185 Å². The summed E-state index contributed by atoms with van der Waals surface area (Å²) in [6.45, 7) is 1.09. The quantitative estimate of drug-likeness (QED) is 0.658. The van der Waals surface area contributed by atoms with Crippen molar-refractivity contribution in [2.45, 2.75) is 74.4 Å². The fraction of sp³-hybridized carbons (Fsp3) is 0.667. The molecule has 2 aromatic rings. The van der Waals surface area contributed by atoms with Crippen molar-refractivity contribution >= 4 is 9.84 Å². The zero-order chi connectivity index (χ0) is 22.9. The normalized spacial score (nSPS) is 24.7. The van der Waals surface area contributed by atoms with E-state index in [2.05, 4.69) is 25.9 Å². The summed E-state index contributed by atoms with van der Waals surface area (Å²) in [5, 5.41) is 16.9. The lowest BCUT2D eigenvalue weighted by Crippen LogP contribution is -2.23. The number of aromatic nitrogens is 4. The molecule has 2 heterocycles. The average molecular weight is 472 g/mol. The molecule has 1 saturated carbocycles. The van der Waals surface area contributed by atoms with Gasteiger partial charge in [-0.25, -0.2) is 8.42 Å². The highest BCUT2D eigenvalue weighted by Crippen LogP contribution is 2.46. The molecule has 0 radical (unpaired) electrons. The van der Waals surface area contributed by atoms with Crippen LogP contribution in [0.5, 0.6) is 0 Å². The largest absolute Gasteiger partial charge is 0.417 e. The average Bonchev–Trinajstić information content (AvgIpc) is 3.44. The van der Waals surface area contributed by atoms with E-state index < -0.39 is 26.5 Å². The highest BCUT2D eigenvalue weighted by molar-refractivity contribution is 7.91. The van der Waals surface area contributed by atoms with Crippen LogP contribution in [0.4, 0.5) is 13.2 Å². The molecular weight excluding hydrogens is 443 g/mol. The van der Waals surface area contributed by atoms with Crippen LogP contribution in [0.15, 0.2) is 17.0 Å². The van der Waals surface area contributed by atoms with Crippen molar-refractivity contribution in [2.75, 3.05) is 12.8 Å². The minimum absolute atomic E-state index is 0.0489. The van der Waals surface area contributed by atoms with E-state index in [-0.39, 0.29) is 17.3 Å². The van der Waals surface area contributed by atoms with E-state index >= 15 is 0 Å². The maximum atomic E-state index is 13.7. The van der Waals surface area contributed by atoms with Crippen LogP contribution in [0.2, 0.25) is 0 Å². The van der Waals surface area contributed by atoms with Gasteiger partial charge >= 0.3 is 6.18 Å². The molecular formula is C21H28F3N5O2S. The fourth-order valence-corrected chi connectivity index (χ4v) is 6.41. The molecule has 0 amide bonds. The Bertz CT molecular complexity index is 1030. The molecule has 1 aromatic carbocycles. The highest BCUT2D eigenvalue weighted by atomic mass is 32.2. The first-order valence-electron chi connectivity index (χ1n) is 11.1. The monoisotopic (exact) mass is 471 g/mol. The summed E-state index contributed by atoms with van der Waals surface area (Å²) in [5.74, 6) is 0.416. The maximum Gasteiger partial charge on any atom is 0.417 e. The number of tetrazole rings is 1. The third-order valence-corrected chi connectivity index (χ3v) is 7.97. The lowest BCUT2D eigenvalue weighted by Gasteiger charge is -2.31. The van der Waals surface area contributed by atoms with Gasteiger partial charge in [0.05, 0.1) is 10.5 Å². The summed E-state index contributed by atoms with van der Waals surface area (Å²) in [4.78, 5) is -0.765. The Hall–Kier alpha value is -2.01. The van der Waals surface area contributed by atoms with Gasteiger partial charge in [-0.2, -0.15) is 18.4 Å². The first kappa shape index (κ1) is 23.2. The second-order valence-corrected chi connectivity index (χ2v) is 11.0. The summed E-state index contributed by atoms with van der Waals surface area (Å²) in [5.41, 5.74) is -0.716. The SMILES string of the molecule is CS(=O)(=O)c1c(C(F)(F)F)ccc(C2CCC(CCC3CCCN3)CC2)c1-c1nn[nH]n1. The number of benzene rings is 1. The summed E-state index contributed by atoms with van der Waals surface area (Å²) in [6.07, 6.45) is 4.25. The third kappa shape index (κ3) is 4.98. The number of alkyl halides is 3. The number of hydrogen-bond acceptors (Lipinski definition) is 6. The topological polar surface area (TPSA) is 101 Å². The molecule has 1 aliphatic carbocycles. The maximum absolute atomic E-state index is 13.7. The van der Waals surface area contributed by atoms with Crippen molar-refractivity contribution in [1.29, 1.82) is 0 Å². The van der Waals surface area contributed by atoms with Gasteiger partial charge in [-0.15, -0.1) is 10.2 Å². The molecule has 1 unspecified atom stereocenters. The van der Waals surface area contributed by atoms with E-state index in [9.17, 15) is 21.6 Å². The zero-order valence-electron chi connectivity index (χ0n) is 18.0. The lowest BCUT2D eigenvalue weighted by atomic mass is 9.75. The van der Waals surface area contributed by atoms with Crippen LogP contribution in [-0.4, -0.2) is 47.9 Å². The van der Waals surface area contributed by atoms with Crippen LogP contribution < -0.4 is 5.32 Å². The van der Waals surface area contributed by atoms with Gasteiger partial charge in [0, 0.05) is 17.9 Å². The van der Waals surface area contributed by atoms with E-state index in [1.807, 2.05) is 0 Å². The van der Waals surface area contributed by atoms with Crippen LogP contribution in [0.1, 0.15) is 68.4 Å². The molecule has 2 N–H and O–H groups in total. The van der Waals surface area contributed by atoms with Crippen LogP contribution in [0, 0.1) is 5.92 Å². The van der Waals surface area contributed by atoms with Crippen molar-refractivity contribution in [1.82, 2.24) is 25.9 Å². The van der Waals surface area contributed by atoms with Gasteiger partial charge in [0.25, 0.3) is 0 Å². The van der Waals surface area contributed by atoms with E-state index in [0.717, 1.165) is 57.4 Å². The first-order valence-corrected chi connectivity index (χ1v) is 12.9. The van der Waals surface area contributed by atoms with Crippen molar-refractivity contribution in [2.24, 2.45) is 5.92 Å². The molecule has 4 rings (SSSR count). The van der Waals surface area contributed by atoms with Gasteiger partial charge in [0.2, 0.25) is 5.82 Å². The van der Waals surface area contributed by atoms with Crippen molar-refractivity contribution < 1.29 is 21.6 Å². The summed E-state index contributed by atoms with van der Waals surface area (Å²) in [7, 11) is -4.21. The predicted octanol–water partition coefficient (Wildman–Crippen LogP) is 4.10. The Balaban J connectivity index is 1.63. The van der Waals surface area contributed by atoms with E-state index in [4.69, 9.17) is 0 Å². The number of hydrogen-bond donors (Lipinski definition) is 2. The van der Waals surface area contributed by atoms with E-state index in [1.54, 1.807) is 0 Å². The zero-order valence-corrected chi connectivity index (χ0v) is 18.8. The Morgan fingerprint density at radius 1 is 1.09 bits per heavy atom. The van der Waals surface area contributed by atoms with Crippen LogP contribution in [-0.2, 0) is 16.0 Å². The molecule has 11 heteroatoms. The van der Waals surface area contributed by atoms with E-state index in [1.165, 1.54) is 18.9 Å². The van der Waals surface area contributed by atoms with Crippen molar-refractivity contribution in [3.05, 3.63) is 23.3 Å². The van der Waals surface area contributed by atoms with Gasteiger partial charge in [-0.05, 0) is 86.6 Å². The standard InChI is InChI=1S/C21H28F3N5O2S/c1-32(30,31)19-17(21(22,23)24)11-10-16(18(19)20-26-28-29-27-20)14-7-4-13(5-8-14)6-9-15-3-2-12-25-15/h10-11,13-15,25H,2-9,12H2,1H3,(H,26,27,28,29). The molecule has 1 atom stereocenters. The number of halogens is 3. The number of aromatic amines is 1. The van der Waals surface area contributed by atoms with Crippen molar-refractivity contribution in [3.8, 4) is 11.4 Å². The van der Waals surface area contributed by atoms with Gasteiger partial charge in [-0.1, -0.05) is 6.07 Å². The van der Waals surface area contributed by atoms with Crippen LogP contribution in [0.3, 0.4) is 0 Å². The summed E-state index contributed by atoms with van der Waals surface area (Å²) >= 11 is 0. The predicted molar refractivity (Wildman–Crippen MR) is 113 cm³/mol. The first-order chi connectivity index (χ1) is 15.1. The Kier molecular flexibility index (Phi) is 6.58. The third-order valence-electron chi connectivity index (χ3n) is 6.81. The molecule has 1 saturated heterocycles. The molecule has 2 aliphatic rings. The van der Waals surface area contributed by atoms with Crippen molar-refractivity contribution in [3.63, 3.8) is 0 Å². The number of H-pyrrole nitrogens is 1. The summed E-state index contributed by atoms with van der Waals surface area (Å²) in [6, 6.07) is 2.88. The van der Waals surface area contributed by atoms with Gasteiger partial charge in [-0.3, -0.25) is 0 Å². The molecule has 1 aromatic heterocycles. The smallest absolute Gasteiger partial charge is 0.314 e. The van der Waals surface area contributed by atoms with Gasteiger partial charge < -0.3 is 5.32 Å². The Morgan fingerprint density at radius 3 is 2.41 bits per heavy atom. The molecule has 1 aliphatic heterocycles. The molecule has 0 spiro atoms. The second kappa shape index (κ2) is 9.09. The van der Waals surface area contributed by atoms with Crippen LogP contribution in [0.25, 0.3) is 11.4 Å². The van der Waals surface area contributed by atoms with Crippen LogP contribution >= 0.6 is 0 Å². The number of rotatable bonds is 6. The highest BCUT2D eigenvalue weighted by Gasteiger charge is 2.40. The fourth-order valence-electron chi connectivity index (χ4n) is 5.25. The molecule has 7 nitrogen and oxygen atoms in total. The Morgan fingerprint density at radius 2 is 1.84 bits per heavy atom. The molecule has 32 heavy (non-hydrogen) atoms. The van der Waals surface area contributed by atoms with E-state index in [0.29, 0.717) is 17.5 Å². The minimum atomic E-state index is -4.82.